The van der Waals surface area contributed by atoms with Gasteiger partial charge < -0.3 is 20.2 Å². The molecule has 12 nitrogen and oxygen atoms in total. The van der Waals surface area contributed by atoms with Crippen LogP contribution in [0, 0.1) is 0 Å². The topological polar surface area (TPSA) is 127 Å². The minimum Gasteiger partial charge on any atom is -0.395 e. The van der Waals surface area contributed by atoms with Gasteiger partial charge in [0, 0.05) is 63.9 Å². The molecule has 2 aliphatic rings. The maximum Gasteiger partial charge on any atom is 0.268 e. The molecule has 2 N–H and O–H groups in total. The molecule has 3 heterocycles. The second-order valence-corrected chi connectivity index (χ2v) is 9.91. The average molecular weight is 589 g/mol. The second-order valence-electron chi connectivity index (χ2n) is 9.05. The van der Waals surface area contributed by atoms with Gasteiger partial charge in [-0.2, -0.15) is 4.98 Å². The maximum atomic E-state index is 13.0. The summed E-state index contributed by atoms with van der Waals surface area (Å²) >= 11 is 3.43. The van der Waals surface area contributed by atoms with Crippen molar-refractivity contribution in [3.05, 3.63) is 34.9 Å². The highest BCUT2D eigenvalue weighted by molar-refractivity contribution is 9.10. The zero-order chi connectivity index (χ0) is 27.1. The van der Waals surface area contributed by atoms with Crippen molar-refractivity contribution in [3.8, 4) is 0 Å². The second kappa shape index (κ2) is 13.1. The number of amides is 2. The Morgan fingerprint density at radius 1 is 1.21 bits per heavy atom. The molecule has 0 aliphatic carbocycles. The lowest BCUT2D eigenvalue weighted by Crippen LogP contribution is -2.47. The Labute approximate surface area is 230 Å². The molecule has 0 spiro atoms. The number of anilines is 3. The summed E-state index contributed by atoms with van der Waals surface area (Å²) in [5.74, 6) is 0.0917. The summed E-state index contributed by atoms with van der Waals surface area (Å²) in [6.45, 7) is 5.00. The van der Waals surface area contributed by atoms with Crippen LogP contribution in [0.5, 0.6) is 0 Å². The zero-order valence-electron chi connectivity index (χ0n) is 21.6. The summed E-state index contributed by atoms with van der Waals surface area (Å²) < 4.78 is 0.561. The van der Waals surface area contributed by atoms with Gasteiger partial charge in [0.15, 0.2) is 5.82 Å². The number of likely N-dealkylation sites (N-methyl/N-ethyl adjacent to an activating group) is 1. The van der Waals surface area contributed by atoms with Crippen LogP contribution in [0.1, 0.15) is 12.8 Å². The number of nitrogens with one attached hydrogen (secondary N) is 1. The molecule has 2 fully saturated rings. The number of aliphatic imine (C=N–C) groups is 1. The molecule has 0 radical (unpaired) electrons. The first-order valence-electron chi connectivity index (χ1n) is 12.5. The van der Waals surface area contributed by atoms with E-state index < -0.39 is 0 Å². The first-order chi connectivity index (χ1) is 18.4. The van der Waals surface area contributed by atoms with Gasteiger partial charge >= 0.3 is 0 Å². The fourth-order valence-corrected chi connectivity index (χ4v) is 4.61. The van der Waals surface area contributed by atoms with Crippen LogP contribution in [0.4, 0.5) is 23.1 Å². The van der Waals surface area contributed by atoms with Gasteiger partial charge in [0.2, 0.25) is 5.95 Å². The number of hydrogen-bond donors (Lipinski definition) is 2. The molecule has 2 aromatic rings. The predicted molar refractivity (Wildman–Crippen MR) is 148 cm³/mol. The standard InChI is InChI=1S/C25H33BrN8O4/c1-31(38-2)22(36)17-34-9-3-4-21(24(34)37)29-23-20(26)16-27-25(30-23)28-18-5-7-19(8-6-18)33-12-10-32(11-13-33)14-15-35/h5-8,16,35H,3-4,9-15,17H2,1-2H3,(H,27,28,30). The van der Waals surface area contributed by atoms with E-state index in [0.717, 1.165) is 49.2 Å². The summed E-state index contributed by atoms with van der Waals surface area (Å²) in [6, 6.07) is 8.06. The Kier molecular flexibility index (Phi) is 9.61. The lowest BCUT2D eigenvalue weighted by molar-refractivity contribution is -0.170. The number of nitrogens with zero attached hydrogens (tertiary/aromatic N) is 7. The van der Waals surface area contributed by atoms with Crippen LogP contribution in [0.25, 0.3) is 0 Å². The zero-order valence-corrected chi connectivity index (χ0v) is 23.2. The van der Waals surface area contributed by atoms with Gasteiger partial charge in [0.1, 0.15) is 12.3 Å². The van der Waals surface area contributed by atoms with E-state index >= 15 is 0 Å². The molecule has 2 amide bonds. The smallest absolute Gasteiger partial charge is 0.268 e. The third kappa shape index (κ3) is 7.04. The number of benzene rings is 1. The molecule has 2 saturated heterocycles. The Morgan fingerprint density at radius 3 is 2.63 bits per heavy atom. The first kappa shape index (κ1) is 27.9. The van der Waals surface area contributed by atoms with Crippen molar-refractivity contribution in [2.45, 2.75) is 12.8 Å². The van der Waals surface area contributed by atoms with Crippen molar-refractivity contribution >= 4 is 56.6 Å². The Hall–Kier alpha value is -3.13. The van der Waals surface area contributed by atoms with Crippen molar-refractivity contribution in [1.29, 1.82) is 0 Å². The SMILES string of the molecule is CON(C)C(=O)CN1CCCC(=Nc2nc(Nc3ccc(N4CCN(CCO)CC4)cc3)ncc2Br)C1=O. The minimum absolute atomic E-state index is 0.0751. The van der Waals surface area contributed by atoms with Crippen LogP contribution in [0.2, 0.25) is 0 Å². The number of carbonyl (C=O) groups is 2. The van der Waals surface area contributed by atoms with Crippen LogP contribution < -0.4 is 10.2 Å². The van der Waals surface area contributed by atoms with Gasteiger partial charge in [-0.15, -0.1) is 0 Å². The molecule has 13 heteroatoms. The largest absolute Gasteiger partial charge is 0.395 e. The number of hydroxylamine groups is 2. The highest BCUT2D eigenvalue weighted by Crippen LogP contribution is 2.27. The van der Waals surface area contributed by atoms with Crippen molar-refractivity contribution in [2.75, 3.05) is 76.8 Å². The highest BCUT2D eigenvalue weighted by Gasteiger charge is 2.28. The van der Waals surface area contributed by atoms with Gasteiger partial charge in [-0.25, -0.2) is 15.0 Å². The lowest BCUT2D eigenvalue weighted by Gasteiger charge is -2.35. The van der Waals surface area contributed by atoms with E-state index in [4.69, 9.17) is 9.94 Å². The Bertz CT molecular complexity index is 1150. The Morgan fingerprint density at radius 2 is 1.95 bits per heavy atom. The summed E-state index contributed by atoms with van der Waals surface area (Å²) in [6.07, 6.45) is 2.79. The van der Waals surface area contributed by atoms with E-state index in [0.29, 0.717) is 41.3 Å². The molecule has 204 valence electrons. The number of piperidine rings is 1. The normalized spacial score (nSPS) is 17.7. The summed E-state index contributed by atoms with van der Waals surface area (Å²) in [4.78, 5) is 49.5. The number of aromatic nitrogens is 2. The van der Waals surface area contributed by atoms with Gasteiger partial charge in [-0.05, 0) is 53.0 Å². The van der Waals surface area contributed by atoms with Crippen molar-refractivity contribution < 1.29 is 19.5 Å². The van der Waals surface area contributed by atoms with Gasteiger partial charge in [-0.3, -0.25) is 19.3 Å². The fourth-order valence-electron chi connectivity index (χ4n) is 4.33. The average Bonchev–Trinajstić information content (AvgIpc) is 2.93. The van der Waals surface area contributed by atoms with Crippen LogP contribution in [0.3, 0.4) is 0 Å². The predicted octanol–water partition coefficient (Wildman–Crippen LogP) is 1.81. The van der Waals surface area contributed by atoms with Crippen LogP contribution >= 0.6 is 15.9 Å². The molecule has 0 atom stereocenters. The number of carbonyl (C=O) groups excluding carboxylic acids is 2. The number of β-amino-alcohol motifs (C(OH)–C–C–N with tert-alkyl or cyclic N) is 1. The van der Waals surface area contributed by atoms with E-state index in [1.807, 2.05) is 12.1 Å². The van der Waals surface area contributed by atoms with Gasteiger partial charge in [-0.1, -0.05) is 0 Å². The maximum absolute atomic E-state index is 13.0. The molecule has 1 aromatic heterocycles. The van der Waals surface area contributed by atoms with E-state index in [9.17, 15) is 9.59 Å². The number of rotatable bonds is 9. The number of hydrogen-bond acceptors (Lipinski definition) is 10. The number of likely N-dealkylation sites (tertiary alicyclic amines) is 1. The molecule has 0 bridgehead atoms. The number of halogens is 1. The van der Waals surface area contributed by atoms with E-state index in [1.165, 1.54) is 19.1 Å². The molecular formula is C25H33BrN8O4. The number of aliphatic hydroxyl groups excluding tert-OH is 1. The lowest BCUT2D eigenvalue weighted by atomic mass is 10.1. The van der Waals surface area contributed by atoms with Crippen LogP contribution in [0.15, 0.2) is 39.9 Å². The highest BCUT2D eigenvalue weighted by atomic mass is 79.9. The van der Waals surface area contributed by atoms with E-state index in [2.05, 4.69) is 58.1 Å². The molecule has 1 aromatic carbocycles. The Balaban J connectivity index is 1.41. The fraction of sp³-hybridized carbons (Fsp3) is 0.480. The third-order valence-corrected chi connectivity index (χ3v) is 7.13. The molecule has 4 rings (SSSR count). The van der Waals surface area contributed by atoms with Gasteiger partial charge in [0.25, 0.3) is 11.8 Å². The summed E-state index contributed by atoms with van der Waals surface area (Å²) in [7, 11) is 2.91. The molecule has 38 heavy (non-hydrogen) atoms. The number of aliphatic hydroxyl groups is 1. The monoisotopic (exact) mass is 588 g/mol. The van der Waals surface area contributed by atoms with Crippen molar-refractivity contribution in [3.63, 3.8) is 0 Å². The first-order valence-corrected chi connectivity index (χ1v) is 13.3. The quantitative estimate of drug-likeness (QED) is 0.421. The van der Waals surface area contributed by atoms with E-state index in [-0.39, 0.29) is 25.0 Å². The third-order valence-electron chi connectivity index (χ3n) is 6.57. The van der Waals surface area contributed by atoms with Crippen molar-refractivity contribution in [2.24, 2.45) is 4.99 Å². The van der Waals surface area contributed by atoms with Crippen LogP contribution in [-0.4, -0.2) is 114 Å². The number of piperazine rings is 1. The molecule has 2 aliphatic heterocycles. The summed E-state index contributed by atoms with van der Waals surface area (Å²) in [5, 5.41) is 13.4. The molecule has 0 saturated carbocycles. The minimum atomic E-state index is -0.313. The molecular weight excluding hydrogens is 556 g/mol. The van der Waals surface area contributed by atoms with E-state index in [1.54, 1.807) is 6.20 Å². The summed E-state index contributed by atoms with van der Waals surface area (Å²) in [5.41, 5.74) is 2.31. The van der Waals surface area contributed by atoms with Crippen molar-refractivity contribution in [1.82, 2.24) is 24.8 Å². The molecule has 0 unspecified atom stereocenters. The van der Waals surface area contributed by atoms with Crippen LogP contribution in [-0.2, 0) is 14.4 Å². The van der Waals surface area contributed by atoms with Gasteiger partial charge in [0.05, 0.1) is 18.2 Å².